The molecule has 1 aliphatic rings. The molecule has 1 unspecified atom stereocenters. The monoisotopic (exact) mass is 327 g/mol. The Morgan fingerprint density at radius 3 is 2.62 bits per heavy atom. The summed E-state index contributed by atoms with van der Waals surface area (Å²) >= 11 is 0. The first kappa shape index (κ1) is 16.2. The number of benzene rings is 2. The number of fused-ring (bicyclic) bond motifs is 1. The van der Waals surface area contributed by atoms with Gasteiger partial charge in [-0.2, -0.15) is 0 Å². The van der Waals surface area contributed by atoms with Gasteiger partial charge in [-0.3, -0.25) is 4.79 Å². The second-order valence-electron chi connectivity index (χ2n) is 5.98. The van der Waals surface area contributed by atoms with E-state index in [1.807, 2.05) is 0 Å². The summed E-state index contributed by atoms with van der Waals surface area (Å²) in [5.41, 5.74) is 3.05. The van der Waals surface area contributed by atoms with E-state index in [0.717, 1.165) is 23.1 Å². The zero-order valence-electron chi connectivity index (χ0n) is 13.1. The lowest BCUT2D eigenvalue weighted by molar-refractivity contribution is -0.122. The summed E-state index contributed by atoms with van der Waals surface area (Å²) in [6, 6.07) is 11.2. The van der Waals surface area contributed by atoms with Crippen molar-refractivity contribution in [3.05, 3.63) is 70.5 Å². The number of carbonyl (C=O) groups is 2. The van der Waals surface area contributed by atoms with E-state index in [1.54, 1.807) is 30.3 Å². The Kier molecular flexibility index (Phi) is 4.60. The van der Waals surface area contributed by atoms with E-state index in [1.165, 1.54) is 12.1 Å². The molecule has 0 heterocycles. The SMILES string of the molecule is O=C(O)c1ccc(CCNC(=O)C2CCc3cc(F)ccc32)cc1. The number of aryl methyl sites for hydroxylation is 1. The fourth-order valence-electron chi connectivity index (χ4n) is 3.13. The molecular weight excluding hydrogens is 309 g/mol. The predicted molar refractivity (Wildman–Crippen MR) is 87.6 cm³/mol. The third-order valence-corrected chi connectivity index (χ3v) is 4.41. The summed E-state index contributed by atoms with van der Waals surface area (Å²) in [6.07, 6.45) is 2.06. The van der Waals surface area contributed by atoms with Gasteiger partial charge in [0.1, 0.15) is 5.82 Å². The molecule has 2 aromatic rings. The number of rotatable bonds is 5. The average Bonchev–Trinajstić information content (AvgIpc) is 2.98. The Hall–Kier alpha value is -2.69. The number of carboxylic acid groups (broad SMARTS) is 1. The molecule has 1 atom stereocenters. The van der Waals surface area contributed by atoms with Gasteiger partial charge in [0, 0.05) is 6.54 Å². The van der Waals surface area contributed by atoms with Crippen molar-refractivity contribution in [2.75, 3.05) is 6.54 Å². The first-order valence-corrected chi connectivity index (χ1v) is 7.93. The van der Waals surface area contributed by atoms with Crippen LogP contribution in [0.2, 0.25) is 0 Å². The van der Waals surface area contributed by atoms with E-state index in [0.29, 0.717) is 19.4 Å². The standard InChI is InChI=1S/C19H18FNO3/c20-15-6-8-16-14(11-15)5-7-17(16)18(22)21-10-9-12-1-3-13(4-2-12)19(23)24/h1-4,6,8,11,17H,5,7,9-10H2,(H,21,22)(H,23,24). The summed E-state index contributed by atoms with van der Waals surface area (Å²) in [4.78, 5) is 23.1. The van der Waals surface area contributed by atoms with Crippen LogP contribution < -0.4 is 5.32 Å². The third kappa shape index (κ3) is 3.45. The second-order valence-corrected chi connectivity index (χ2v) is 5.98. The van der Waals surface area contributed by atoms with E-state index in [4.69, 9.17) is 5.11 Å². The van der Waals surface area contributed by atoms with Crippen molar-refractivity contribution in [3.8, 4) is 0 Å². The summed E-state index contributed by atoms with van der Waals surface area (Å²) in [5.74, 6) is -1.47. The molecule has 0 aromatic heterocycles. The molecule has 1 amide bonds. The molecule has 5 heteroatoms. The number of hydrogen-bond donors (Lipinski definition) is 2. The van der Waals surface area contributed by atoms with Gasteiger partial charge in [0.25, 0.3) is 0 Å². The molecule has 0 bridgehead atoms. The van der Waals surface area contributed by atoms with Crippen LogP contribution in [-0.2, 0) is 17.6 Å². The number of hydrogen-bond acceptors (Lipinski definition) is 2. The van der Waals surface area contributed by atoms with Crippen molar-refractivity contribution < 1.29 is 19.1 Å². The van der Waals surface area contributed by atoms with Gasteiger partial charge in [-0.05, 0) is 60.2 Å². The van der Waals surface area contributed by atoms with Crippen LogP contribution in [0, 0.1) is 5.82 Å². The molecule has 4 nitrogen and oxygen atoms in total. The van der Waals surface area contributed by atoms with Crippen LogP contribution in [0.5, 0.6) is 0 Å². The van der Waals surface area contributed by atoms with E-state index in [-0.39, 0.29) is 23.2 Å². The maximum absolute atomic E-state index is 13.2. The average molecular weight is 327 g/mol. The number of carbonyl (C=O) groups excluding carboxylic acids is 1. The number of aromatic carboxylic acids is 1. The lowest BCUT2D eigenvalue weighted by Gasteiger charge is -2.12. The van der Waals surface area contributed by atoms with Gasteiger partial charge in [0.05, 0.1) is 11.5 Å². The molecule has 3 rings (SSSR count). The van der Waals surface area contributed by atoms with Gasteiger partial charge in [0.2, 0.25) is 5.91 Å². The van der Waals surface area contributed by atoms with Crippen LogP contribution in [0.25, 0.3) is 0 Å². The van der Waals surface area contributed by atoms with Gasteiger partial charge in [0.15, 0.2) is 0 Å². The van der Waals surface area contributed by atoms with Crippen molar-refractivity contribution in [1.29, 1.82) is 0 Å². The van der Waals surface area contributed by atoms with Crippen molar-refractivity contribution in [2.24, 2.45) is 0 Å². The Labute approximate surface area is 139 Å². The maximum atomic E-state index is 13.2. The van der Waals surface area contributed by atoms with Crippen molar-refractivity contribution >= 4 is 11.9 Å². The third-order valence-electron chi connectivity index (χ3n) is 4.41. The Morgan fingerprint density at radius 2 is 1.92 bits per heavy atom. The molecule has 0 saturated carbocycles. The van der Waals surface area contributed by atoms with E-state index < -0.39 is 5.97 Å². The lowest BCUT2D eigenvalue weighted by atomic mass is 10.0. The molecule has 124 valence electrons. The summed E-state index contributed by atoms with van der Waals surface area (Å²) in [5, 5.41) is 11.8. The number of carboxylic acids is 1. The minimum atomic E-state index is -0.953. The predicted octanol–water partition coefficient (Wildman–Crippen LogP) is 2.91. The maximum Gasteiger partial charge on any atom is 0.335 e. The molecular formula is C19H18FNO3. The highest BCUT2D eigenvalue weighted by atomic mass is 19.1. The van der Waals surface area contributed by atoms with Crippen molar-refractivity contribution in [3.63, 3.8) is 0 Å². The van der Waals surface area contributed by atoms with E-state index >= 15 is 0 Å². The van der Waals surface area contributed by atoms with Gasteiger partial charge >= 0.3 is 5.97 Å². The molecule has 2 N–H and O–H groups in total. The zero-order valence-corrected chi connectivity index (χ0v) is 13.1. The van der Waals surface area contributed by atoms with Crippen molar-refractivity contribution in [1.82, 2.24) is 5.32 Å². The highest BCUT2D eigenvalue weighted by Crippen LogP contribution is 2.33. The number of nitrogens with one attached hydrogen (secondary N) is 1. The summed E-state index contributed by atoms with van der Waals surface area (Å²) < 4.78 is 13.2. The molecule has 2 aromatic carbocycles. The second kappa shape index (κ2) is 6.83. The Bertz CT molecular complexity index is 771. The first-order valence-electron chi connectivity index (χ1n) is 7.93. The normalized spacial score (nSPS) is 15.8. The van der Waals surface area contributed by atoms with Gasteiger partial charge in [-0.15, -0.1) is 0 Å². The smallest absolute Gasteiger partial charge is 0.335 e. The highest BCUT2D eigenvalue weighted by Gasteiger charge is 2.28. The first-order chi connectivity index (χ1) is 11.5. The van der Waals surface area contributed by atoms with Crippen LogP contribution in [0.3, 0.4) is 0 Å². The van der Waals surface area contributed by atoms with Gasteiger partial charge < -0.3 is 10.4 Å². The zero-order chi connectivity index (χ0) is 17.1. The Balaban J connectivity index is 1.54. The fourth-order valence-corrected chi connectivity index (χ4v) is 3.13. The molecule has 24 heavy (non-hydrogen) atoms. The highest BCUT2D eigenvalue weighted by molar-refractivity contribution is 5.87. The fraction of sp³-hybridized carbons (Fsp3) is 0.263. The number of amides is 1. The quantitative estimate of drug-likeness (QED) is 0.887. The van der Waals surface area contributed by atoms with Gasteiger partial charge in [-0.1, -0.05) is 18.2 Å². The molecule has 0 fully saturated rings. The number of halogens is 1. The summed E-state index contributed by atoms with van der Waals surface area (Å²) in [6.45, 7) is 0.484. The minimum absolute atomic E-state index is 0.0393. The molecule has 0 spiro atoms. The Morgan fingerprint density at radius 1 is 1.17 bits per heavy atom. The van der Waals surface area contributed by atoms with Crippen LogP contribution in [0.1, 0.15) is 39.4 Å². The molecule has 0 radical (unpaired) electrons. The van der Waals surface area contributed by atoms with Gasteiger partial charge in [-0.25, -0.2) is 9.18 Å². The van der Waals surface area contributed by atoms with Crippen LogP contribution in [-0.4, -0.2) is 23.5 Å². The minimum Gasteiger partial charge on any atom is -0.478 e. The van der Waals surface area contributed by atoms with E-state index in [9.17, 15) is 14.0 Å². The summed E-state index contributed by atoms with van der Waals surface area (Å²) in [7, 11) is 0. The van der Waals surface area contributed by atoms with Crippen molar-refractivity contribution in [2.45, 2.75) is 25.2 Å². The lowest BCUT2D eigenvalue weighted by Crippen LogP contribution is -2.30. The molecule has 0 aliphatic heterocycles. The molecule has 0 saturated heterocycles. The van der Waals surface area contributed by atoms with Crippen LogP contribution in [0.4, 0.5) is 4.39 Å². The van der Waals surface area contributed by atoms with Crippen LogP contribution in [0.15, 0.2) is 42.5 Å². The topological polar surface area (TPSA) is 66.4 Å². The largest absolute Gasteiger partial charge is 0.478 e. The molecule has 1 aliphatic carbocycles. The van der Waals surface area contributed by atoms with E-state index in [2.05, 4.69) is 5.32 Å². The van der Waals surface area contributed by atoms with Crippen LogP contribution >= 0.6 is 0 Å².